The van der Waals surface area contributed by atoms with E-state index in [0.717, 1.165) is 67.8 Å². The highest BCUT2D eigenvalue weighted by Gasteiger charge is 2.15. The first-order chi connectivity index (χ1) is 11.7. The second kappa shape index (κ2) is 9.21. The molecule has 2 fully saturated rings. The minimum absolute atomic E-state index is 0.742. The number of benzene rings is 1. The second-order valence-electron chi connectivity index (χ2n) is 6.62. The minimum atomic E-state index is 0.742. The van der Waals surface area contributed by atoms with Gasteiger partial charge in [0, 0.05) is 36.2 Å². The van der Waals surface area contributed by atoms with Crippen LogP contribution in [0, 0.1) is 0 Å². The fraction of sp³-hybridized carbons (Fsp3) is 0.579. The maximum absolute atomic E-state index is 6.26. The molecule has 0 bridgehead atoms. The molecule has 0 radical (unpaired) electrons. The van der Waals surface area contributed by atoms with E-state index in [-0.39, 0.29) is 0 Å². The van der Waals surface area contributed by atoms with Crippen molar-refractivity contribution in [2.75, 3.05) is 52.5 Å². The molecule has 2 aliphatic heterocycles. The van der Waals surface area contributed by atoms with Gasteiger partial charge in [0.25, 0.3) is 0 Å². The molecule has 0 aromatic heterocycles. The Morgan fingerprint density at radius 2 is 1.62 bits per heavy atom. The van der Waals surface area contributed by atoms with Gasteiger partial charge in [0.2, 0.25) is 0 Å². The highest BCUT2D eigenvalue weighted by Crippen LogP contribution is 2.26. The van der Waals surface area contributed by atoms with Gasteiger partial charge in [0.05, 0.1) is 13.2 Å². The molecule has 2 aliphatic rings. The quantitative estimate of drug-likeness (QED) is 0.774. The molecule has 0 spiro atoms. The molecule has 0 amide bonds. The summed E-state index contributed by atoms with van der Waals surface area (Å²) >= 11 is 12.3. The molecule has 2 saturated heterocycles. The number of nitrogens with zero attached hydrogens (tertiary/aromatic N) is 2. The van der Waals surface area contributed by atoms with E-state index in [2.05, 4.69) is 15.9 Å². The Kier molecular flexibility index (Phi) is 6.99. The average Bonchev–Trinajstić information content (AvgIpc) is 2.61. The van der Waals surface area contributed by atoms with E-state index in [0.29, 0.717) is 0 Å². The largest absolute Gasteiger partial charge is 0.379 e. The lowest BCUT2D eigenvalue weighted by molar-refractivity contribution is 0.0360. The molecule has 3 nitrogen and oxygen atoms in total. The molecule has 2 heterocycles. The molecule has 0 aliphatic carbocycles. The van der Waals surface area contributed by atoms with Crippen molar-refractivity contribution in [3.8, 4) is 0 Å². The summed E-state index contributed by atoms with van der Waals surface area (Å²) in [5.74, 6) is 0. The summed E-state index contributed by atoms with van der Waals surface area (Å²) in [6.07, 6.45) is 5.72. The van der Waals surface area contributed by atoms with Crippen molar-refractivity contribution in [2.45, 2.75) is 19.3 Å². The third kappa shape index (κ3) is 5.47. The number of hydrogen-bond donors (Lipinski definition) is 0. The third-order valence-corrected chi connectivity index (χ3v) is 5.45. The van der Waals surface area contributed by atoms with Crippen molar-refractivity contribution in [2.24, 2.45) is 0 Å². The predicted molar refractivity (Wildman–Crippen MR) is 102 cm³/mol. The Hall–Kier alpha value is -0.580. The second-order valence-corrected chi connectivity index (χ2v) is 7.46. The van der Waals surface area contributed by atoms with Gasteiger partial charge in [-0.05, 0) is 56.1 Å². The van der Waals surface area contributed by atoms with Crippen molar-refractivity contribution >= 4 is 29.3 Å². The molecule has 0 unspecified atom stereocenters. The van der Waals surface area contributed by atoms with E-state index < -0.39 is 0 Å². The van der Waals surface area contributed by atoms with Crippen LogP contribution in [0.2, 0.25) is 10.0 Å². The van der Waals surface area contributed by atoms with E-state index in [1.54, 1.807) is 0 Å². The summed E-state index contributed by atoms with van der Waals surface area (Å²) in [5, 5.41) is 1.52. The molecule has 24 heavy (non-hydrogen) atoms. The van der Waals surface area contributed by atoms with Crippen LogP contribution in [0.25, 0.3) is 6.08 Å². The Balaban J connectivity index is 1.42. The van der Waals surface area contributed by atoms with Gasteiger partial charge in [-0.2, -0.15) is 0 Å². The molecule has 3 rings (SSSR count). The Labute approximate surface area is 155 Å². The molecule has 1 aromatic carbocycles. The first-order valence-corrected chi connectivity index (χ1v) is 9.63. The van der Waals surface area contributed by atoms with Gasteiger partial charge in [-0.15, -0.1) is 0 Å². The number of rotatable bonds is 5. The normalized spacial score (nSPS) is 20.3. The van der Waals surface area contributed by atoms with Crippen LogP contribution >= 0.6 is 23.2 Å². The van der Waals surface area contributed by atoms with Crippen LogP contribution in [0.15, 0.2) is 23.8 Å². The summed E-state index contributed by atoms with van der Waals surface area (Å²) in [7, 11) is 0. The fourth-order valence-corrected chi connectivity index (χ4v) is 3.75. The number of ether oxygens (including phenoxy) is 1. The zero-order valence-corrected chi connectivity index (χ0v) is 15.7. The summed E-state index contributed by atoms with van der Waals surface area (Å²) in [5.41, 5.74) is 2.52. The summed E-state index contributed by atoms with van der Waals surface area (Å²) in [6.45, 7) is 8.65. The van der Waals surface area contributed by atoms with Crippen LogP contribution in [0.1, 0.15) is 24.8 Å². The monoisotopic (exact) mass is 368 g/mol. The third-order valence-electron chi connectivity index (χ3n) is 4.87. The van der Waals surface area contributed by atoms with Gasteiger partial charge < -0.3 is 9.64 Å². The Morgan fingerprint density at radius 1 is 0.958 bits per heavy atom. The van der Waals surface area contributed by atoms with E-state index in [4.69, 9.17) is 27.9 Å². The van der Waals surface area contributed by atoms with E-state index in [1.165, 1.54) is 25.1 Å². The zero-order chi connectivity index (χ0) is 16.8. The van der Waals surface area contributed by atoms with Crippen LogP contribution in [0.4, 0.5) is 0 Å². The molecule has 0 atom stereocenters. The van der Waals surface area contributed by atoms with E-state index in [9.17, 15) is 0 Å². The lowest BCUT2D eigenvalue weighted by Crippen LogP contribution is -2.39. The van der Waals surface area contributed by atoms with Crippen LogP contribution in [0.3, 0.4) is 0 Å². The predicted octanol–water partition coefficient (Wildman–Crippen LogP) is 4.19. The summed E-state index contributed by atoms with van der Waals surface area (Å²) in [4.78, 5) is 5.09. The van der Waals surface area contributed by atoms with Crippen LogP contribution in [-0.2, 0) is 4.74 Å². The number of likely N-dealkylation sites (tertiary alicyclic amines) is 1. The minimum Gasteiger partial charge on any atom is -0.379 e. The number of morpholine rings is 1. The van der Waals surface area contributed by atoms with E-state index in [1.807, 2.05) is 18.2 Å². The van der Waals surface area contributed by atoms with Crippen LogP contribution < -0.4 is 0 Å². The van der Waals surface area contributed by atoms with Crippen molar-refractivity contribution in [1.82, 2.24) is 9.80 Å². The number of halogens is 2. The van der Waals surface area contributed by atoms with Crippen LogP contribution in [-0.4, -0.2) is 62.3 Å². The van der Waals surface area contributed by atoms with Crippen LogP contribution in [0.5, 0.6) is 0 Å². The molecule has 5 heteroatoms. The molecular formula is C19H26Cl2N2O. The Morgan fingerprint density at radius 3 is 2.33 bits per heavy atom. The SMILES string of the molecule is Clc1ccc(Cl)c(C=C2CCN(CCCN3CCOCC3)CC2)c1. The maximum Gasteiger partial charge on any atom is 0.0594 e. The van der Waals surface area contributed by atoms with Gasteiger partial charge >= 0.3 is 0 Å². The lowest BCUT2D eigenvalue weighted by Gasteiger charge is -2.30. The van der Waals surface area contributed by atoms with Gasteiger partial charge in [0.15, 0.2) is 0 Å². The van der Waals surface area contributed by atoms with Gasteiger partial charge in [-0.25, -0.2) is 0 Å². The molecule has 0 saturated carbocycles. The van der Waals surface area contributed by atoms with Crippen molar-refractivity contribution in [3.05, 3.63) is 39.4 Å². The van der Waals surface area contributed by atoms with Crippen molar-refractivity contribution in [3.63, 3.8) is 0 Å². The summed E-state index contributed by atoms with van der Waals surface area (Å²) in [6, 6.07) is 5.66. The van der Waals surface area contributed by atoms with E-state index >= 15 is 0 Å². The Bertz CT molecular complexity index is 560. The molecule has 0 N–H and O–H groups in total. The van der Waals surface area contributed by atoms with Crippen molar-refractivity contribution < 1.29 is 4.74 Å². The molecule has 132 valence electrons. The first-order valence-electron chi connectivity index (χ1n) is 8.88. The highest BCUT2D eigenvalue weighted by molar-refractivity contribution is 6.34. The lowest BCUT2D eigenvalue weighted by atomic mass is 10.0. The first kappa shape index (κ1) is 18.2. The van der Waals surface area contributed by atoms with Crippen molar-refractivity contribution in [1.29, 1.82) is 0 Å². The highest BCUT2D eigenvalue weighted by atomic mass is 35.5. The topological polar surface area (TPSA) is 15.7 Å². The van der Waals surface area contributed by atoms with Gasteiger partial charge in [-0.1, -0.05) is 34.9 Å². The van der Waals surface area contributed by atoms with Gasteiger partial charge in [0.1, 0.15) is 0 Å². The molecular weight excluding hydrogens is 343 g/mol. The number of piperidine rings is 1. The average molecular weight is 369 g/mol. The van der Waals surface area contributed by atoms with Gasteiger partial charge in [-0.3, -0.25) is 4.90 Å². The summed E-state index contributed by atoms with van der Waals surface area (Å²) < 4.78 is 5.40. The maximum atomic E-state index is 6.26. The fourth-order valence-electron chi connectivity index (χ4n) is 3.40. The smallest absolute Gasteiger partial charge is 0.0594 e. The molecule has 1 aromatic rings. The standard InChI is InChI=1S/C19H26Cl2N2O/c20-18-2-3-19(21)17(15-18)14-16-4-8-22(9-5-16)6-1-7-23-10-12-24-13-11-23/h2-3,14-15H,1,4-13H2. The number of hydrogen-bond acceptors (Lipinski definition) is 3. The zero-order valence-electron chi connectivity index (χ0n) is 14.1.